The Morgan fingerprint density at radius 3 is 3.00 bits per heavy atom. The van der Waals surface area contributed by atoms with Crippen LogP contribution in [0.4, 0.5) is 5.69 Å². The van der Waals surface area contributed by atoms with Gasteiger partial charge in [-0.05, 0) is 19.1 Å². The number of anilines is 1. The first kappa shape index (κ1) is 14.0. The lowest BCUT2D eigenvalue weighted by Gasteiger charge is -2.13. The topological polar surface area (TPSA) is 59.6 Å². The summed E-state index contributed by atoms with van der Waals surface area (Å²) >= 11 is 1.72. The lowest BCUT2D eigenvalue weighted by molar-refractivity contribution is -0.117. The summed E-state index contributed by atoms with van der Waals surface area (Å²) in [6, 6.07) is 5.26. The maximum absolute atomic E-state index is 12.0. The Morgan fingerprint density at radius 2 is 2.37 bits per heavy atom. The van der Waals surface area contributed by atoms with Crippen molar-refractivity contribution in [3.8, 4) is 11.5 Å². The lowest BCUT2D eigenvalue weighted by atomic mass is 10.2. The number of hydrogen-bond donors (Lipinski definition) is 2. The van der Waals surface area contributed by atoms with Crippen molar-refractivity contribution in [1.29, 1.82) is 0 Å². The molecule has 2 N–H and O–H groups in total. The van der Waals surface area contributed by atoms with Crippen LogP contribution in [0.5, 0.6) is 11.5 Å². The van der Waals surface area contributed by atoms with Crippen molar-refractivity contribution >= 4 is 23.4 Å². The van der Waals surface area contributed by atoms with Crippen LogP contribution < -0.4 is 20.1 Å². The van der Waals surface area contributed by atoms with Crippen LogP contribution in [-0.2, 0) is 4.79 Å². The summed E-state index contributed by atoms with van der Waals surface area (Å²) in [5.41, 5.74) is 0.712. The van der Waals surface area contributed by atoms with Gasteiger partial charge in [-0.25, -0.2) is 0 Å². The van der Waals surface area contributed by atoms with Gasteiger partial charge in [0.1, 0.15) is 0 Å². The molecule has 6 heteroatoms. The molecule has 1 heterocycles. The highest BCUT2D eigenvalue weighted by Crippen LogP contribution is 2.30. The van der Waals surface area contributed by atoms with E-state index in [4.69, 9.17) is 9.47 Å². The molecular formula is C13H18N2O3S. The van der Waals surface area contributed by atoms with Crippen molar-refractivity contribution in [2.75, 3.05) is 30.7 Å². The van der Waals surface area contributed by atoms with E-state index in [1.807, 2.05) is 13.0 Å². The number of hydrogen-bond acceptors (Lipinski definition) is 5. The van der Waals surface area contributed by atoms with Crippen LogP contribution in [0.3, 0.4) is 0 Å². The first-order valence-corrected chi connectivity index (χ1v) is 7.33. The zero-order valence-corrected chi connectivity index (χ0v) is 11.9. The van der Waals surface area contributed by atoms with Crippen molar-refractivity contribution in [2.45, 2.75) is 13.0 Å². The number of amides is 1. The number of methoxy groups -OCH3 is 1. The summed E-state index contributed by atoms with van der Waals surface area (Å²) in [7, 11) is 1.58. The van der Waals surface area contributed by atoms with E-state index >= 15 is 0 Å². The average molecular weight is 282 g/mol. The fraction of sp³-hybridized carbons (Fsp3) is 0.462. The Labute approximate surface area is 117 Å². The van der Waals surface area contributed by atoms with E-state index < -0.39 is 0 Å². The predicted octanol–water partition coefficient (Wildman–Crippen LogP) is 1.69. The van der Waals surface area contributed by atoms with Crippen LogP contribution >= 0.6 is 11.8 Å². The molecular weight excluding hydrogens is 264 g/mol. The zero-order valence-electron chi connectivity index (χ0n) is 11.1. The largest absolute Gasteiger partial charge is 0.493 e. The minimum atomic E-state index is -0.123. The van der Waals surface area contributed by atoms with Gasteiger partial charge in [-0.2, -0.15) is 0 Å². The molecule has 1 aliphatic rings. The number of thioether (sulfide) groups is 1. The van der Waals surface area contributed by atoms with E-state index in [1.165, 1.54) is 0 Å². The summed E-state index contributed by atoms with van der Waals surface area (Å²) in [6.07, 6.45) is 0. The first-order chi connectivity index (χ1) is 9.24. The maximum atomic E-state index is 12.0. The highest BCUT2D eigenvalue weighted by Gasteiger charge is 2.22. The molecule has 0 radical (unpaired) electrons. The number of benzene rings is 1. The third-order valence-electron chi connectivity index (χ3n) is 2.76. The summed E-state index contributed by atoms with van der Waals surface area (Å²) < 4.78 is 10.7. The van der Waals surface area contributed by atoms with Gasteiger partial charge in [0.05, 0.1) is 19.8 Å². The molecule has 5 nitrogen and oxygen atoms in total. The Balaban J connectivity index is 2.05. The third kappa shape index (κ3) is 3.54. The fourth-order valence-corrected chi connectivity index (χ4v) is 2.75. The van der Waals surface area contributed by atoms with Crippen LogP contribution in [0.2, 0.25) is 0 Å². The molecule has 0 bridgehead atoms. The van der Waals surface area contributed by atoms with Gasteiger partial charge >= 0.3 is 0 Å². The second-order valence-electron chi connectivity index (χ2n) is 4.06. The Hall–Kier alpha value is -1.40. The van der Waals surface area contributed by atoms with Gasteiger partial charge in [-0.15, -0.1) is 11.8 Å². The molecule has 0 aliphatic carbocycles. The molecule has 0 saturated carbocycles. The lowest BCUT2D eigenvalue weighted by Crippen LogP contribution is -2.37. The summed E-state index contributed by atoms with van der Waals surface area (Å²) in [5, 5.41) is 6.01. The Bertz CT molecular complexity index is 448. The molecule has 2 rings (SSSR count). The minimum Gasteiger partial charge on any atom is -0.493 e. The number of rotatable bonds is 5. The number of nitrogens with one attached hydrogen (secondary N) is 2. The van der Waals surface area contributed by atoms with Crippen molar-refractivity contribution in [2.24, 2.45) is 0 Å². The smallest absolute Gasteiger partial charge is 0.242 e. The van der Waals surface area contributed by atoms with E-state index in [1.54, 1.807) is 31.0 Å². The molecule has 0 spiro atoms. The van der Waals surface area contributed by atoms with Crippen molar-refractivity contribution in [3.63, 3.8) is 0 Å². The van der Waals surface area contributed by atoms with E-state index in [-0.39, 0.29) is 11.9 Å². The molecule has 19 heavy (non-hydrogen) atoms. The standard InChI is InChI=1S/C13H18N2O3S/c1-3-18-11-5-4-9(6-12(11)17-2)15-13(16)10-7-19-8-14-10/h4-6,10,14H,3,7-8H2,1-2H3,(H,15,16). The van der Waals surface area contributed by atoms with E-state index in [2.05, 4.69) is 10.6 Å². The molecule has 104 valence electrons. The van der Waals surface area contributed by atoms with Crippen LogP contribution in [0, 0.1) is 0 Å². The first-order valence-electron chi connectivity index (χ1n) is 6.17. The average Bonchev–Trinajstić information content (AvgIpc) is 2.94. The normalized spacial score (nSPS) is 18.1. The van der Waals surface area contributed by atoms with E-state index in [0.717, 1.165) is 11.6 Å². The van der Waals surface area contributed by atoms with Gasteiger partial charge < -0.3 is 14.8 Å². The predicted molar refractivity (Wildman–Crippen MR) is 77.0 cm³/mol. The SMILES string of the molecule is CCOc1ccc(NC(=O)C2CSCN2)cc1OC. The van der Waals surface area contributed by atoms with Crippen LogP contribution in [-0.4, -0.2) is 37.3 Å². The quantitative estimate of drug-likeness (QED) is 0.860. The molecule has 1 atom stereocenters. The second-order valence-corrected chi connectivity index (χ2v) is 5.09. The fourth-order valence-electron chi connectivity index (χ4n) is 1.81. The maximum Gasteiger partial charge on any atom is 0.242 e. The minimum absolute atomic E-state index is 0.0174. The summed E-state index contributed by atoms with van der Waals surface area (Å²) in [4.78, 5) is 12.0. The number of carbonyl (C=O) groups is 1. The van der Waals surface area contributed by atoms with Gasteiger partial charge in [0.15, 0.2) is 11.5 Å². The summed E-state index contributed by atoms with van der Waals surface area (Å²) in [6.45, 7) is 2.49. The summed E-state index contributed by atoms with van der Waals surface area (Å²) in [5.74, 6) is 2.91. The van der Waals surface area contributed by atoms with Gasteiger partial charge in [0, 0.05) is 23.4 Å². The van der Waals surface area contributed by atoms with Gasteiger partial charge in [-0.1, -0.05) is 0 Å². The highest BCUT2D eigenvalue weighted by molar-refractivity contribution is 7.99. The van der Waals surface area contributed by atoms with Gasteiger partial charge in [0.2, 0.25) is 5.91 Å². The number of carbonyl (C=O) groups excluding carboxylic acids is 1. The molecule has 1 aliphatic heterocycles. The highest BCUT2D eigenvalue weighted by atomic mass is 32.2. The van der Waals surface area contributed by atoms with Crippen molar-refractivity contribution in [1.82, 2.24) is 5.32 Å². The zero-order chi connectivity index (χ0) is 13.7. The van der Waals surface area contributed by atoms with Gasteiger partial charge in [-0.3, -0.25) is 10.1 Å². The Kier molecular flexibility index (Phi) is 4.93. The van der Waals surface area contributed by atoms with Gasteiger partial charge in [0.25, 0.3) is 0 Å². The monoisotopic (exact) mass is 282 g/mol. The number of ether oxygens (including phenoxy) is 2. The van der Waals surface area contributed by atoms with Crippen LogP contribution in [0.25, 0.3) is 0 Å². The van der Waals surface area contributed by atoms with E-state index in [9.17, 15) is 4.79 Å². The second kappa shape index (κ2) is 6.68. The van der Waals surface area contributed by atoms with Crippen molar-refractivity contribution in [3.05, 3.63) is 18.2 Å². The van der Waals surface area contributed by atoms with Crippen molar-refractivity contribution < 1.29 is 14.3 Å². The molecule has 1 aromatic carbocycles. The van der Waals surface area contributed by atoms with Crippen LogP contribution in [0.1, 0.15) is 6.92 Å². The molecule has 1 unspecified atom stereocenters. The Morgan fingerprint density at radius 1 is 1.53 bits per heavy atom. The molecule has 1 aromatic rings. The molecule has 1 fully saturated rings. The van der Waals surface area contributed by atoms with Crippen LogP contribution in [0.15, 0.2) is 18.2 Å². The molecule has 1 amide bonds. The third-order valence-corrected chi connectivity index (χ3v) is 3.70. The van der Waals surface area contributed by atoms with E-state index in [0.29, 0.717) is 23.8 Å². The molecule has 0 aromatic heterocycles. The molecule has 1 saturated heterocycles.